The fourth-order valence-corrected chi connectivity index (χ4v) is 4.46. The van der Waals surface area contributed by atoms with Gasteiger partial charge >= 0.3 is 0 Å². The lowest BCUT2D eigenvalue weighted by molar-refractivity contribution is 0.480. The van der Waals surface area contributed by atoms with Crippen LogP contribution in [-0.2, 0) is 15.6 Å². The Morgan fingerprint density at radius 2 is 1.89 bits per heavy atom. The van der Waals surface area contributed by atoms with E-state index in [4.69, 9.17) is 10.7 Å². The highest BCUT2D eigenvalue weighted by Crippen LogP contribution is 2.60. The molecule has 2 atom stereocenters. The molecule has 0 amide bonds. The van der Waals surface area contributed by atoms with E-state index in [1.165, 1.54) is 25.7 Å². The Bertz CT molecular complexity index is 572. The van der Waals surface area contributed by atoms with Gasteiger partial charge in [0.05, 0.1) is 0 Å². The number of hydrogen-bond acceptors (Lipinski definition) is 4. The molecule has 1 heterocycles. The van der Waals surface area contributed by atoms with E-state index in [-0.39, 0.29) is 5.16 Å². The number of halogens is 1. The van der Waals surface area contributed by atoms with Gasteiger partial charge in [0.25, 0.3) is 14.2 Å². The first-order valence-electron chi connectivity index (χ1n) is 6.91. The molecule has 0 radical (unpaired) electrons. The highest BCUT2D eigenvalue weighted by molar-refractivity contribution is 8.13. The van der Waals surface area contributed by atoms with Crippen molar-refractivity contribution in [2.45, 2.75) is 56.6 Å². The molecule has 19 heavy (non-hydrogen) atoms. The molecule has 2 fully saturated rings. The van der Waals surface area contributed by atoms with Crippen molar-refractivity contribution in [1.82, 2.24) is 14.8 Å². The SMILES string of the molecule is CCCn1c(C2C3CCCCC32)nnc1S(=O)(=O)Cl. The maximum Gasteiger partial charge on any atom is 0.296 e. The predicted octanol–water partition coefficient (Wildman–Crippen LogP) is 2.52. The highest BCUT2D eigenvalue weighted by atomic mass is 35.7. The zero-order chi connectivity index (χ0) is 13.6. The van der Waals surface area contributed by atoms with Crippen LogP contribution in [0.1, 0.15) is 50.8 Å². The quantitative estimate of drug-likeness (QED) is 0.802. The second-order valence-electron chi connectivity index (χ2n) is 5.57. The zero-order valence-electron chi connectivity index (χ0n) is 10.9. The van der Waals surface area contributed by atoms with E-state index in [2.05, 4.69) is 10.2 Å². The van der Waals surface area contributed by atoms with Crippen LogP contribution in [0, 0.1) is 11.8 Å². The molecule has 2 aliphatic carbocycles. The normalized spacial score (nSPS) is 30.1. The van der Waals surface area contributed by atoms with Crippen LogP contribution in [0.2, 0.25) is 0 Å². The van der Waals surface area contributed by atoms with E-state index < -0.39 is 9.05 Å². The van der Waals surface area contributed by atoms with Crippen LogP contribution in [0.4, 0.5) is 0 Å². The molecule has 0 saturated heterocycles. The molecule has 0 aliphatic heterocycles. The van der Waals surface area contributed by atoms with Crippen molar-refractivity contribution >= 4 is 19.7 Å². The van der Waals surface area contributed by atoms with Crippen molar-refractivity contribution in [3.63, 3.8) is 0 Å². The Hall–Kier alpha value is -0.620. The molecular weight excluding hydrogens is 286 g/mol. The number of hydrogen-bond donors (Lipinski definition) is 0. The molecule has 0 aromatic carbocycles. The summed E-state index contributed by atoms with van der Waals surface area (Å²) in [6.45, 7) is 2.62. The molecule has 2 aliphatic rings. The van der Waals surface area contributed by atoms with Crippen LogP contribution in [0.15, 0.2) is 5.16 Å². The molecule has 0 N–H and O–H groups in total. The summed E-state index contributed by atoms with van der Waals surface area (Å²) < 4.78 is 24.8. The van der Waals surface area contributed by atoms with Crippen LogP contribution < -0.4 is 0 Å². The summed E-state index contributed by atoms with van der Waals surface area (Å²) in [4.78, 5) is 0. The summed E-state index contributed by atoms with van der Waals surface area (Å²) in [7, 11) is 1.63. The van der Waals surface area contributed by atoms with Gasteiger partial charge in [-0.25, -0.2) is 8.42 Å². The molecular formula is C12H18ClN3O2S. The number of fused-ring (bicyclic) bond motifs is 1. The summed E-state index contributed by atoms with van der Waals surface area (Å²) >= 11 is 0. The van der Waals surface area contributed by atoms with Crippen molar-refractivity contribution in [3.8, 4) is 0 Å². The van der Waals surface area contributed by atoms with Gasteiger partial charge in [-0.1, -0.05) is 19.8 Å². The van der Waals surface area contributed by atoms with Gasteiger partial charge in [0, 0.05) is 23.1 Å². The first-order valence-corrected chi connectivity index (χ1v) is 9.22. The Kier molecular flexibility index (Phi) is 3.33. The van der Waals surface area contributed by atoms with Crippen LogP contribution in [0.25, 0.3) is 0 Å². The van der Waals surface area contributed by atoms with E-state index >= 15 is 0 Å². The van der Waals surface area contributed by atoms with Crippen LogP contribution >= 0.6 is 10.7 Å². The molecule has 1 aromatic rings. The van der Waals surface area contributed by atoms with E-state index in [0.717, 1.165) is 12.2 Å². The molecule has 2 saturated carbocycles. The number of rotatable bonds is 4. The fourth-order valence-electron chi connectivity index (χ4n) is 3.54. The van der Waals surface area contributed by atoms with Crippen LogP contribution in [0.5, 0.6) is 0 Å². The lowest BCUT2D eigenvalue weighted by atomic mass is 10.0. The van der Waals surface area contributed by atoms with Crippen molar-refractivity contribution < 1.29 is 8.42 Å². The van der Waals surface area contributed by atoms with Gasteiger partial charge in [-0.05, 0) is 31.1 Å². The first kappa shape index (κ1) is 13.4. The Balaban J connectivity index is 1.96. The van der Waals surface area contributed by atoms with Gasteiger partial charge in [-0.3, -0.25) is 0 Å². The van der Waals surface area contributed by atoms with Gasteiger partial charge in [0.15, 0.2) is 0 Å². The Morgan fingerprint density at radius 3 is 2.42 bits per heavy atom. The average Bonchev–Trinajstić information content (AvgIpc) is 2.92. The maximum absolute atomic E-state index is 11.5. The zero-order valence-corrected chi connectivity index (χ0v) is 12.5. The third kappa shape index (κ3) is 2.29. The lowest BCUT2D eigenvalue weighted by Gasteiger charge is -2.06. The standard InChI is InChI=1S/C12H18ClN3O2S/c1-2-7-16-11(14-15-12(16)19(13,17)18)10-8-5-3-4-6-9(8)10/h8-10H,2-7H2,1H3. The Labute approximate surface area is 117 Å². The minimum Gasteiger partial charge on any atom is -0.301 e. The predicted molar refractivity (Wildman–Crippen MR) is 71.5 cm³/mol. The highest BCUT2D eigenvalue weighted by Gasteiger charge is 2.54. The topological polar surface area (TPSA) is 64.8 Å². The average molecular weight is 304 g/mol. The minimum atomic E-state index is -3.81. The summed E-state index contributed by atoms with van der Waals surface area (Å²) in [6, 6.07) is 0. The second-order valence-corrected chi connectivity index (χ2v) is 8.03. The molecule has 7 heteroatoms. The van der Waals surface area contributed by atoms with E-state index in [0.29, 0.717) is 24.3 Å². The van der Waals surface area contributed by atoms with Gasteiger partial charge in [0.1, 0.15) is 5.82 Å². The third-order valence-corrected chi connectivity index (χ3v) is 5.52. The molecule has 0 spiro atoms. The Morgan fingerprint density at radius 1 is 1.26 bits per heavy atom. The summed E-state index contributed by atoms with van der Waals surface area (Å²) in [6.07, 6.45) is 5.86. The largest absolute Gasteiger partial charge is 0.301 e. The van der Waals surface area contributed by atoms with Crippen molar-refractivity contribution in [3.05, 3.63) is 5.82 Å². The number of aromatic nitrogens is 3. The summed E-state index contributed by atoms with van der Waals surface area (Å²) in [5, 5.41) is 7.87. The summed E-state index contributed by atoms with van der Waals surface area (Å²) in [5.74, 6) is 2.59. The smallest absolute Gasteiger partial charge is 0.296 e. The van der Waals surface area contributed by atoms with Gasteiger partial charge in [0.2, 0.25) is 0 Å². The van der Waals surface area contributed by atoms with Crippen LogP contribution in [-0.4, -0.2) is 23.2 Å². The molecule has 0 bridgehead atoms. The molecule has 1 aromatic heterocycles. The molecule has 2 unspecified atom stereocenters. The lowest BCUT2D eigenvalue weighted by Crippen LogP contribution is -2.09. The monoisotopic (exact) mass is 303 g/mol. The van der Waals surface area contributed by atoms with Gasteiger partial charge in [-0.15, -0.1) is 10.2 Å². The fraction of sp³-hybridized carbons (Fsp3) is 0.833. The first-order chi connectivity index (χ1) is 9.04. The molecule has 5 nitrogen and oxygen atoms in total. The van der Waals surface area contributed by atoms with Crippen LogP contribution in [0.3, 0.4) is 0 Å². The van der Waals surface area contributed by atoms with E-state index in [1.54, 1.807) is 4.57 Å². The third-order valence-electron chi connectivity index (χ3n) is 4.37. The van der Waals surface area contributed by atoms with E-state index in [9.17, 15) is 8.42 Å². The van der Waals surface area contributed by atoms with Crippen molar-refractivity contribution in [2.24, 2.45) is 11.8 Å². The van der Waals surface area contributed by atoms with Crippen molar-refractivity contribution in [1.29, 1.82) is 0 Å². The molecule has 106 valence electrons. The maximum atomic E-state index is 11.5. The van der Waals surface area contributed by atoms with E-state index in [1.807, 2.05) is 6.92 Å². The van der Waals surface area contributed by atoms with Crippen molar-refractivity contribution in [2.75, 3.05) is 0 Å². The minimum absolute atomic E-state index is 0.0883. The summed E-state index contributed by atoms with van der Waals surface area (Å²) in [5.41, 5.74) is 0. The van der Waals surface area contributed by atoms with Gasteiger partial charge in [-0.2, -0.15) is 0 Å². The van der Waals surface area contributed by atoms with Gasteiger partial charge < -0.3 is 4.57 Å². The number of nitrogens with zero attached hydrogens (tertiary/aromatic N) is 3. The second kappa shape index (κ2) is 4.74. The molecule has 3 rings (SSSR count).